The molecule has 1 aromatic carbocycles. The Morgan fingerprint density at radius 2 is 2.26 bits per heavy atom. The van der Waals surface area contributed by atoms with Gasteiger partial charge in [-0.15, -0.1) is 0 Å². The van der Waals surface area contributed by atoms with E-state index in [2.05, 4.69) is 15.5 Å². The fourth-order valence-corrected chi connectivity index (χ4v) is 2.16. The Balaban J connectivity index is 2.05. The maximum Gasteiger partial charge on any atom is 0.283 e. The molecule has 0 saturated carbocycles. The molecule has 0 fully saturated rings. The number of hydrogen-bond acceptors (Lipinski definition) is 6. The first kappa shape index (κ1) is 13.0. The number of hydrazone groups is 1. The third-order valence-electron chi connectivity index (χ3n) is 2.33. The summed E-state index contributed by atoms with van der Waals surface area (Å²) in [6.07, 6.45) is 1.37. The molecule has 1 aromatic heterocycles. The summed E-state index contributed by atoms with van der Waals surface area (Å²) in [6.45, 7) is 1.70. The Kier molecular flexibility index (Phi) is 3.76. The van der Waals surface area contributed by atoms with E-state index in [-0.39, 0.29) is 11.7 Å². The van der Waals surface area contributed by atoms with E-state index < -0.39 is 0 Å². The normalized spacial score (nSPS) is 10.8. The largest absolute Gasteiger partial charge is 0.507 e. The topological polar surface area (TPSA) is 101 Å². The van der Waals surface area contributed by atoms with Crippen LogP contribution in [0.5, 0.6) is 5.75 Å². The van der Waals surface area contributed by atoms with Gasteiger partial charge >= 0.3 is 0 Å². The number of rotatable bonds is 3. The van der Waals surface area contributed by atoms with Gasteiger partial charge in [-0.2, -0.15) is 5.10 Å². The van der Waals surface area contributed by atoms with Crippen molar-refractivity contribution in [3.63, 3.8) is 0 Å². The van der Waals surface area contributed by atoms with Gasteiger partial charge in [0.05, 0.1) is 11.9 Å². The van der Waals surface area contributed by atoms with Crippen molar-refractivity contribution >= 4 is 28.6 Å². The van der Waals surface area contributed by atoms with Gasteiger partial charge in [-0.3, -0.25) is 4.79 Å². The van der Waals surface area contributed by atoms with Crippen molar-refractivity contribution < 1.29 is 9.90 Å². The number of benzene rings is 1. The average Bonchev–Trinajstić information content (AvgIpc) is 2.71. The van der Waals surface area contributed by atoms with Crippen LogP contribution in [0.2, 0.25) is 0 Å². The zero-order valence-electron chi connectivity index (χ0n) is 10.1. The number of carbonyl (C=O) groups is 1. The van der Waals surface area contributed by atoms with Crippen molar-refractivity contribution in [1.82, 2.24) is 10.4 Å². The molecule has 0 aliphatic heterocycles. The van der Waals surface area contributed by atoms with Crippen LogP contribution in [0.1, 0.15) is 20.9 Å². The van der Waals surface area contributed by atoms with E-state index >= 15 is 0 Å². The summed E-state index contributed by atoms with van der Waals surface area (Å²) in [4.78, 5) is 16.2. The number of amides is 1. The summed E-state index contributed by atoms with van der Waals surface area (Å²) in [5, 5.41) is 13.6. The van der Waals surface area contributed by atoms with Crippen LogP contribution in [0.25, 0.3) is 0 Å². The van der Waals surface area contributed by atoms with E-state index in [4.69, 9.17) is 5.73 Å². The van der Waals surface area contributed by atoms with E-state index in [0.717, 1.165) is 11.3 Å². The molecule has 4 N–H and O–H groups in total. The van der Waals surface area contributed by atoms with Gasteiger partial charge in [0.1, 0.15) is 10.6 Å². The number of nitrogen functional groups attached to an aromatic ring is 1. The highest BCUT2D eigenvalue weighted by molar-refractivity contribution is 7.17. The molecule has 19 heavy (non-hydrogen) atoms. The Hall–Kier alpha value is -2.41. The minimum atomic E-state index is -0.377. The molecular weight excluding hydrogens is 264 g/mol. The van der Waals surface area contributed by atoms with Gasteiger partial charge in [-0.05, 0) is 19.1 Å². The van der Waals surface area contributed by atoms with Gasteiger partial charge in [0, 0.05) is 5.56 Å². The van der Waals surface area contributed by atoms with Crippen LogP contribution in [0.4, 0.5) is 5.13 Å². The van der Waals surface area contributed by atoms with Crippen molar-refractivity contribution in [3.8, 4) is 5.75 Å². The van der Waals surface area contributed by atoms with Crippen molar-refractivity contribution in [3.05, 3.63) is 40.4 Å². The number of aromatic hydroxyl groups is 1. The predicted octanol–water partition coefficient (Wildman–Crippen LogP) is 1.50. The van der Waals surface area contributed by atoms with Crippen LogP contribution in [0.15, 0.2) is 29.4 Å². The number of anilines is 1. The zero-order chi connectivity index (χ0) is 13.8. The maximum absolute atomic E-state index is 11.8. The van der Waals surface area contributed by atoms with Crippen LogP contribution in [-0.4, -0.2) is 22.2 Å². The smallest absolute Gasteiger partial charge is 0.283 e. The van der Waals surface area contributed by atoms with E-state index in [0.29, 0.717) is 21.3 Å². The number of phenolic OH excluding ortho intramolecular Hbond substituents is 1. The molecule has 7 heteroatoms. The highest BCUT2D eigenvalue weighted by atomic mass is 32.1. The third-order valence-corrected chi connectivity index (χ3v) is 3.31. The Morgan fingerprint density at radius 3 is 2.89 bits per heavy atom. The molecule has 98 valence electrons. The maximum atomic E-state index is 11.8. The number of aryl methyl sites for hydroxylation is 1. The number of thiazole rings is 1. The van der Waals surface area contributed by atoms with Crippen LogP contribution >= 0.6 is 11.3 Å². The van der Waals surface area contributed by atoms with Crippen LogP contribution < -0.4 is 11.2 Å². The molecule has 6 nitrogen and oxygen atoms in total. The number of hydrogen-bond donors (Lipinski definition) is 3. The Bertz CT molecular complexity index is 636. The van der Waals surface area contributed by atoms with E-state index in [9.17, 15) is 9.90 Å². The zero-order valence-corrected chi connectivity index (χ0v) is 10.9. The van der Waals surface area contributed by atoms with Gasteiger partial charge in [-0.1, -0.05) is 23.5 Å². The number of aromatic nitrogens is 1. The molecule has 0 aliphatic carbocycles. The Labute approximate surface area is 113 Å². The SMILES string of the molecule is Cc1nc(N)sc1C(=O)NN=Cc1ccccc1O. The average molecular weight is 276 g/mol. The minimum absolute atomic E-state index is 0.0960. The van der Waals surface area contributed by atoms with Gasteiger partial charge < -0.3 is 10.8 Å². The summed E-state index contributed by atoms with van der Waals surface area (Å²) < 4.78 is 0. The summed E-state index contributed by atoms with van der Waals surface area (Å²) in [6, 6.07) is 6.68. The molecule has 0 saturated heterocycles. The van der Waals surface area contributed by atoms with Crippen molar-refractivity contribution in [2.45, 2.75) is 6.92 Å². The highest BCUT2D eigenvalue weighted by Gasteiger charge is 2.13. The van der Waals surface area contributed by atoms with Crippen LogP contribution in [0, 0.1) is 6.92 Å². The van der Waals surface area contributed by atoms with Gasteiger partial charge in [-0.25, -0.2) is 10.4 Å². The number of phenols is 1. The number of nitrogens with one attached hydrogen (secondary N) is 1. The van der Waals surface area contributed by atoms with E-state index in [1.54, 1.807) is 25.1 Å². The molecule has 0 aliphatic rings. The second-order valence-corrected chi connectivity index (χ2v) is 4.76. The van der Waals surface area contributed by atoms with E-state index in [1.807, 2.05) is 0 Å². The van der Waals surface area contributed by atoms with Crippen molar-refractivity contribution in [1.29, 1.82) is 0 Å². The van der Waals surface area contributed by atoms with Crippen LogP contribution in [0.3, 0.4) is 0 Å². The van der Waals surface area contributed by atoms with Crippen molar-refractivity contribution in [2.75, 3.05) is 5.73 Å². The molecule has 2 rings (SSSR count). The lowest BCUT2D eigenvalue weighted by Gasteiger charge is -1.98. The molecule has 0 radical (unpaired) electrons. The lowest BCUT2D eigenvalue weighted by Crippen LogP contribution is -2.17. The van der Waals surface area contributed by atoms with Gasteiger partial charge in [0.25, 0.3) is 5.91 Å². The molecular formula is C12H12N4O2S. The monoisotopic (exact) mass is 276 g/mol. The first-order valence-corrected chi connectivity index (χ1v) is 6.24. The molecule has 1 heterocycles. The lowest BCUT2D eigenvalue weighted by atomic mass is 10.2. The molecule has 0 unspecified atom stereocenters. The summed E-state index contributed by atoms with van der Waals surface area (Å²) in [5.41, 5.74) is 8.96. The fourth-order valence-electron chi connectivity index (χ4n) is 1.44. The summed E-state index contributed by atoms with van der Waals surface area (Å²) in [7, 11) is 0. The molecule has 0 atom stereocenters. The third kappa shape index (κ3) is 3.08. The van der Waals surface area contributed by atoms with Gasteiger partial charge in [0.2, 0.25) is 0 Å². The molecule has 2 aromatic rings. The molecule has 0 spiro atoms. The predicted molar refractivity (Wildman–Crippen MR) is 74.4 cm³/mol. The second-order valence-electron chi connectivity index (χ2n) is 3.72. The first-order valence-electron chi connectivity index (χ1n) is 5.42. The number of carbonyl (C=O) groups excluding carboxylic acids is 1. The molecule has 1 amide bonds. The fraction of sp³-hybridized carbons (Fsp3) is 0.0833. The quantitative estimate of drug-likeness (QED) is 0.584. The van der Waals surface area contributed by atoms with Crippen LogP contribution in [-0.2, 0) is 0 Å². The second kappa shape index (κ2) is 5.49. The number of nitrogens with zero attached hydrogens (tertiary/aromatic N) is 2. The summed E-state index contributed by atoms with van der Waals surface area (Å²) >= 11 is 1.10. The number of para-hydroxylation sites is 1. The lowest BCUT2D eigenvalue weighted by molar-refractivity contribution is 0.0958. The molecule has 0 bridgehead atoms. The Morgan fingerprint density at radius 1 is 1.53 bits per heavy atom. The minimum Gasteiger partial charge on any atom is -0.507 e. The number of nitrogens with two attached hydrogens (primary N) is 1. The highest BCUT2D eigenvalue weighted by Crippen LogP contribution is 2.19. The standard InChI is InChI=1S/C12H12N4O2S/c1-7-10(19-12(13)15-7)11(18)16-14-6-8-4-2-3-5-9(8)17/h2-6,17H,1H3,(H2,13,15)(H,16,18). The van der Waals surface area contributed by atoms with E-state index in [1.165, 1.54) is 12.3 Å². The first-order chi connectivity index (χ1) is 9.08. The summed E-state index contributed by atoms with van der Waals surface area (Å²) in [5.74, 6) is -0.280. The van der Waals surface area contributed by atoms with Crippen molar-refractivity contribution in [2.24, 2.45) is 5.10 Å². The van der Waals surface area contributed by atoms with Gasteiger partial charge in [0.15, 0.2) is 5.13 Å².